The van der Waals surface area contributed by atoms with Gasteiger partial charge in [-0.2, -0.15) is 5.10 Å². The monoisotopic (exact) mass is 453 g/mol. The third-order valence-electron chi connectivity index (χ3n) is 5.83. The number of para-hydroxylation sites is 1. The molecule has 2 aromatic carbocycles. The van der Waals surface area contributed by atoms with Crippen molar-refractivity contribution in [2.45, 2.75) is 52.2 Å². The first kappa shape index (κ1) is 22.8. The van der Waals surface area contributed by atoms with Crippen molar-refractivity contribution in [2.75, 3.05) is 13.1 Å². The van der Waals surface area contributed by atoms with Crippen molar-refractivity contribution in [3.8, 4) is 17.3 Å². The van der Waals surface area contributed by atoms with E-state index in [1.54, 1.807) is 0 Å². The highest BCUT2D eigenvalue weighted by Gasteiger charge is 2.28. The Balaban J connectivity index is 1.69. The average molecular weight is 454 g/mol. The molecule has 32 heavy (non-hydrogen) atoms. The third kappa shape index (κ3) is 5.91. The maximum atomic E-state index is 10.5. The summed E-state index contributed by atoms with van der Waals surface area (Å²) in [5.74, 6) is 2.18. The predicted molar refractivity (Wildman–Crippen MR) is 129 cm³/mol. The van der Waals surface area contributed by atoms with Crippen LogP contribution in [0.1, 0.15) is 43.9 Å². The zero-order valence-corrected chi connectivity index (χ0v) is 19.6. The van der Waals surface area contributed by atoms with Gasteiger partial charge in [0.25, 0.3) is 0 Å². The van der Waals surface area contributed by atoms with Crippen LogP contribution in [0.4, 0.5) is 0 Å². The summed E-state index contributed by atoms with van der Waals surface area (Å²) >= 11 is 6.27. The number of hydrogen-bond donors (Lipinski definition) is 1. The van der Waals surface area contributed by atoms with Crippen LogP contribution in [0.25, 0.3) is 5.69 Å². The van der Waals surface area contributed by atoms with Crippen LogP contribution in [-0.2, 0) is 6.54 Å². The fourth-order valence-corrected chi connectivity index (χ4v) is 4.21. The number of benzene rings is 2. The number of aliphatic hydroxyl groups is 1. The molecule has 0 saturated heterocycles. The molecule has 0 amide bonds. The molecule has 3 aromatic rings. The first-order valence-electron chi connectivity index (χ1n) is 11.5. The lowest BCUT2D eigenvalue weighted by molar-refractivity contribution is 0.0977. The molecule has 1 aliphatic rings. The Morgan fingerprint density at radius 3 is 2.66 bits per heavy atom. The molecule has 1 aliphatic carbocycles. The van der Waals surface area contributed by atoms with Gasteiger partial charge in [0.15, 0.2) is 0 Å². The van der Waals surface area contributed by atoms with Crippen molar-refractivity contribution in [1.82, 2.24) is 14.7 Å². The Bertz CT molecular complexity index is 1020. The molecule has 0 aliphatic heterocycles. The molecule has 6 heteroatoms. The van der Waals surface area contributed by atoms with Gasteiger partial charge in [-0.1, -0.05) is 49.2 Å². The minimum absolute atomic E-state index is 0.319. The third-order valence-corrected chi connectivity index (χ3v) is 6.07. The largest absolute Gasteiger partial charge is 0.439 e. The number of ether oxygens (including phenoxy) is 1. The molecule has 1 atom stereocenters. The van der Waals surface area contributed by atoms with Gasteiger partial charge < -0.3 is 9.84 Å². The molecule has 0 spiro atoms. The highest BCUT2D eigenvalue weighted by molar-refractivity contribution is 6.30. The fraction of sp³-hybridized carbons (Fsp3) is 0.423. The van der Waals surface area contributed by atoms with Gasteiger partial charge in [-0.25, -0.2) is 4.68 Å². The van der Waals surface area contributed by atoms with Crippen LogP contribution in [0.3, 0.4) is 0 Å². The van der Waals surface area contributed by atoms with Crippen LogP contribution in [-0.4, -0.2) is 39.0 Å². The highest BCUT2D eigenvalue weighted by atomic mass is 35.5. The zero-order chi connectivity index (χ0) is 22.5. The van der Waals surface area contributed by atoms with E-state index >= 15 is 0 Å². The summed E-state index contributed by atoms with van der Waals surface area (Å²) in [6, 6.07) is 17.4. The molecule has 170 valence electrons. The van der Waals surface area contributed by atoms with E-state index in [4.69, 9.17) is 21.4 Å². The van der Waals surface area contributed by atoms with Crippen molar-refractivity contribution in [1.29, 1.82) is 0 Å². The van der Waals surface area contributed by atoms with E-state index in [1.165, 1.54) is 12.8 Å². The maximum Gasteiger partial charge on any atom is 0.227 e. The molecule has 0 radical (unpaired) electrons. The number of aromatic nitrogens is 2. The molecular weight excluding hydrogens is 422 g/mol. The van der Waals surface area contributed by atoms with Crippen molar-refractivity contribution < 1.29 is 9.84 Å². The number of rotatable bonds is 11. The van der Waals surface area contributed by atoms with Gasteiger partial charge >= 0.3 is 0 Å². The Morgan fingerprint density at radius 2 is 1.97 bits per heavy atom. The first-order valence-corrected chi connectivity index (χ1v) is 11.9. The van der Waals surface area contributed by atoms with E-state index in [9.17, 15) is 5.11 Å². The summed E-state index contributed by atoms with van der Waals surface area (Å²) in [6.07, 6.45) is 4.02. The van der Waals surface area contributed by atoms with Gasteiger partial charge in [0.2, 0.25) is 5.88 Å². The summed E-state index contributed by atoms with van der Waals surface area (Å²) in [4.78, 5) is 2.36. The van der Waals surface area contributed by atoms with E-state index in [0.29, 0.717) is 24.0 Å². The fourth-order valence-electron chi connectivity index (χ4n) is 4.02. The normalized spacial score (nSPS) is 14.7. The van der Waals surface area contributed by atoms with E-state index in [0.717, 1.165) is 48.0 Å². The van der Waals surface area contributed by atoms with Crippen LogP contribution < -0.4 is 4.74 Å². The molecule has 1 N–H and O–H groups in total. The highest BCUT2D eigenvalue weighted by Crippen LogP contribution is 2.34. The van der Waals surface area contributed by atoms with Crippen LogP contribution in [0.2, 0.25) is 5.02 Å². The number of hydrogen-bond acceptors (Lipinski definition) is 4. The number of halogens is 1. The SMILES string of the molecule is CCC[C@@H](O)CN(Cc1c(C)nn(-c2cccc(Cl)c2)c1Oc1ccccc1)CC1CC1. The molecule has 0 bridgehead atoms. The van der Waals surface area contributed by atoms with Gasteiger partial charge in [-0.05, 0) is 62.4 Å². The van der Waals surface area contributed by atoms with Crippen LogP contribution in [0.15, 0.2) is 54.6 Å². The van der Waals surface area contributed by atoms with Crippen molar-refractivity contribution >= 4 is 11.6 Å². The summed E-state index contributed by atoms with van der Waals surface area (Å²) in [6.45, 7) is 6.47. The van der Waals surface area contributed by atoms with Crippen LogP contribution in [0.5, 0.6) is 11.6 Å². The number of aryl methyl sites for hydroxylation is 1. The molecule has 1 saturated carbocycles. The van der Waals surface area contributed by atoms with Crippen molar-refractivity contribution in [3.05, 3.63) is 70.9 Å². The van der Waals surface area contributed by atoms with Crippen LogP contribution >= 0.6 is 11.6 Å². The minimum Gasteiger partial charge on any atom is -0.439 e. The van der Waals surface area contributed by atoms with Crippen LogP contribution in [0, 0.1) is 12.8 Å². The topological polar surface area (TPSA) is 50.5 Å². The molecule has 0 unspecified atom stereocenters. The first-order chi connectivity index (χ1) is 15.5. The standard InChI is InChI=1S/C26H32ClN3O2/c1-3-8-23(31)17-29(16-20-13-14-20)18-25-19(2)28-30(22-10-7-9-21(27)15-22)26(25)32-24-11-5-4-6-12-24/h4-7,9-12,15,20,23,31H,3,8,13-14,16-18H2,1-2H3/t23-/m1/s1. The molecule has 1 heterocycles. The molecule has 1 aromatic heterocycles. The summed E-state index contributed by atoms with van der Waals surface area (Å²) in [5.41, 5.74) is 2.82. The average Bonchev–Trinajstić information content (AvgIpc) is 3.54. The Labute approximate surface area is 195 Å². The lowest BCUT2D eigenvalue weighted by Crippen LogP contribution is -2.33. The van der Waals surface area contributed by atoms with Gasteiger partial charge in [0.1, 0.15) is 5.75 Å². The summed E-state index contributed by atoms with van der Waals surface area (Å²) in [5, 5.41) is 16.0. The Morgan fingerprint density at radius 1 is 1.19 bits per heavy atom. The second kappa shape index (κ2) is 10.5. The Hall–Kier alpha value is -2.34. The molecule has 1 fully saturated rings. The maximum absolute atomic E-state index is 10.5. The number of nitrogens with zero attached hydrogens (tertiary/aromatic N) is 3. The second-order valence-electron chi connectivity index (χ2n) is 8.76. The molecular formula is C26H32ClN3O2. The van der Waals surface area contributed by atoms with Gasteiger partial charge in [0, 0.05) is 24.7 Å². The number of aliphatic hydroxyl groups excluding tert-OH is 1. The van der Waals surface area contributed by atoms with Crippen molar-refractivity contribution in [2.24, 2.45) is 5.92 Å². The molecule has 4 rings (SSSR count). The van der Waals surface area contributed by atoms with Gasteiger partial charge in [0.05, 0.1) is 23.0 Å². The van der Waals surface area contributed by atoms with E-state index < -0.39 is 0 Å². The van der Waals surface area contributed by atoms with E-state index in [1.807, 2.05) is 66.2 Å². The predicted octanol–water partition coefficient (Wildman–Crippen LogP) is 6.00. The Kier molecular flexibility index (Phi) is 7.51. The van der Waals surface area contributed by atoms with E-state index in [2.05, 4.69) is 11.8 Å². The lowest BCUT2D eigenvalue weighted by Gasteiger charge is -2.25. The minimum atomic E-state index is -0.319. The van der Waals surface area contributed by atoms with Crippen molar-refractivity contribution in [3.63, 3.8) is 0 Å². The second-order valence-corrected chi connectivity index (χ2v) is 9.19. The van der Waals surface area contributed by atoms with Gasteiger partial charge in [-0.15, -0.1) is 0 Å². The lowest BCUT2D eigenvalue weighted by atomic mass is 10.1. The summed E-state index contributed by atoms with van der Waals surface area (Å²) < 4.78 is 8.23. The summed E-state index contributed by atoms with van der Waals surface area (Å²) in [7, 11) is 0. The molecule has 5 nitrogen and oxygen atoms in total. The quantitative estimate of drug-likeness (QED) is 0.387. The zero-order valence-electron chi connectivity index (χ0n) is 18.9. The van der Waals surface area contributed by atoms with E-state index in [-0.39, 0.29) is 6.10 Å². The van der Waals surface area contributed by atoms with Gasteiger partial charge in [-0.3, -0.25) is 4.90 Å². The smallest absolute Gasteiger partial charge is 0.227 e.